The summed E-state index contributed by atoms with van der Waals surface area (Å²) in [5.41, 5.74) is 3.51. The van der Waals surface area contributed by atoms with Crippen LogP contribution in [0.5, 0.6) is 0 Å². The first-order valence-corrected chi connectivity index (χ1v) is 6.11. The highest BCUT2D eigenvalue weighted by Crippen LogP contribution is 2.19. The lowest BCUT2D eigenvalue weighted by Crippen LogP contribution is -1.94. The lowest BCUT2D eigenvalue weighted by atomic mass is 10.0. The van der Waals surface area contributed by atoms with Gasteiger partial charge in [0.1, 0.15) is 5.69 Å². The number of benzene rings is 2. The second kappa shape index (κ2) is 4.61. The smallest absolute Gasteiger partial charge is 0.352 e. The van der Waals surface area contributed by atoms with Crippen molar-refractivity contribution in [2.75, 3.05) is 0 Å². The molecule has 0 radical (unpaired) electrons. The Balaban J connectivity index is 1.95. The zero-order chi connectivity index (χ0) is 13.2. The van der Waals surface area contributed by atoms with E-state index in [0.717, 1.165) is 17.3 Å². The van der Waals surface area contributed by atoms with E-state index in [1.807, 2.05) is 36.4 Å². The van der Waals surface area contributed by atoms with Gasteiger partial charge in [-0.25, -0.2) is 4.79 Å². The van der Waals surface area contributed by atoms with Crippen molar-refractivity contribution in [2.24, 2.45) is 0 Å². The maximum Gasteiger partial charge on any atom is 0.352 e. The van der Waals surface area contributed by atoms with E-state index in [1.54, 1.807) is 6.07 Å². The molecule has 0 aliphatic rings. The minimum atomic E-state index is -0.930. The van der Waals surface area contributed by atoms with Crippen LogP contribution in [0.4, 0.5) is 0 Å². The number of carbonyl (C=O) groups is 1. The Morgan fingerprint density at radius 3 is 2.53 bits per heavy atom. The molecule has 19 heavy (non-hydrogen) atoms. The molecule has 3 aromatic rings. The molecule has 94 valence electrons. The first-order chi connectivity index (χ1) is 9.22. The number of aromatic amines is 1. The highest BCUT2D eigenvalue weighted by atomic mass is 16.4. The Morgan fingerprint density at radius 2 is 1.79 bits per heavy atom. The minimum absolute atomic E-state index is 0.229. The standard InChI is InChI=1S/C16H13NO2/c18-16(19)15-10-13-9-12(6-7-14(13)17-15)8-11-4-2-1-3-5-11/h1-7,9-10,17H,8H2,(H,18,19). The summed E-state index contributed by atoms with van der Waals surface area (Å²) >= 11 is 0. The number of aromatic carboxylic acids is 1. The number of H-pyrrole nitrogens is 1. The fraction of sp³-hybridized carbons (Fsp3) is 0.0625. The lowest BCUT2D eigenvalue weighted by molar-refractivity contribution is 0.0691. The van der Waals surface area contributed by atoms with Crippen molar-refractivity contribution in [2.45, 2.75) is 6.42 Å². The highest BCUT2D eigenvalue weighted by molar-refractivity contribution is 5.93. The molecule has 0 aliphatic carbocycles. The van der Waals surface area contributed by atoms with Crippen LogP contribution >= 0.6 is 0 Å². The molecule has 0 atom stereocenters. The van der Waals surface area contributed by atoms with Crippen molar-refractivity contribution < 1.29 is 9.90 Å². The van der Waals surface area contributed by atoms with E-state index in [2.05, 4.69) is 17.1 Å². The van der Waals surface area contributed by atoms with E-state index in [1.165, 1.54) is 11.1 Å². The number of carboxylic acid groups (broad SMARTS) is 1. The van der Waals surface area contributed by atoms with E-state index >= 15 is 0 Å². The van der Waals surface area contributed by atoms with Gasteiger partial charge in [0.25, 0.3) is 0 Å². The van der Waals surface area contributed by atoms with E-state index in [0.29, 0.717) is 0 Å². The van der Waals surface area contributed by atoms with Gasteiger partial charge >= 0.3 is 5.97 Å². The van der Waals surface area contributed by atoms with Crippen molar-refractivity contribution in [1.29, 1.82) is 0 Å². The molecule has 0 fully saturated rings. The van der Waals surface area contributed by atoms with Crippen molar-refractivity contribution in [3.05, 3.63) is 71.4 Å². The maximum atomic E-state index is 10.9. The van der Waals surface area contributed by atoms with Crippen LogP contribution in [0, 0.1) is 0 Å². The molecule has 0 saturated carbocycles. The number of rotatable bonds is 3. The van der Waals surface area contributed by atoms with Crippen molar-refractivity contribution in [3.8, 4) is 0 Å². The Morgan fingerprint density at radius 1 is 1.00 bits per heavy atom. The highest BCUT2D eigenvalue weighted by Gasteiger charge is 2.07. The van der Waals surface area contributed by atoms with Gasteiger partial charge in [0.2, 0.25) is 0 Å². The molecule has 0 saturated heterocycles. The third-order valence-electron chi connectivity index (χ3n) is 3.17. The Hall–Kier alpha value is -2.55. The van der Waals surface area contributed by atoms with Gasteiger partial charge in [-0.2, -0.15) is 0 Å². The zero-order valence-corrected chi connectivity index (χ0v) is 10.3. The molecule has 1 heterocycles. The van der Waals surface area contributed by atoms with Gasteiger partial charge in [-0.05, 0) is 35.7 Å². The lowest BCUT2D eigenvalue weighted by Gasteiger charge is -2.01. The van der Waals surface area contributed by atoms with Crippen molar-refractivity contribution in [1.82, 2.24) is 4.98 Å². The average molecular weight is 251 g/mol. The zero-order valence-electron chi connectivity index (χ0n) is 10.3. The monoisotopic (exact) mass is 251 g/mol. The van der Waals surface area contributed by atoms with Gasteiger partial charge in [0, 0.05) is 10.9 Å². The summed E-state index contributed by atoms with van der Waals surface area (Å²) < 4.78 is 0. The van der Waals surface area contributed by atoms with Crippen LogP contribution in [0.3, 0.4) is 0 Å². The van der Waals surface area contributed by atoms with E-state index < -0.39 is 5.97 Å². The van der Waals surface area contributed by atoms with Crippen LogP contribution < -0.4 is 0 Å². The maximum absolute atomic E-state index is 10.9. The SMILES string of the molecule is O=C(O)c1cc2cc(Cc3ccccc3)ccc2[nH]1. The first-order valence-electron chi connectivity index (χ1n) is 6.11. The fourth-order valence-corrected chi connectivity index (χ4v) is 2.24. The van der Waals surface area contributed by atoms with Crippen LogP contribution in [0.25, 0.3) is 10.9 Å². The summed E-state index contributed by atoms with van der Waals surface area (Å²) in [4.78, 5) is 13.8. The normalized spacial score (nSPS) is 10.7. The quantitative estimate of drug-likeness (QED) is 0.749. The van der Waals surface area contributed by atoms with Gasteiger partial charge in [-0.3, -0.25) is 0 Å². The molecule has 0 amide bonds. The van der Waals surface area contributed by atoms with Crippen molar-refractivity contribution >= 4 is 16.9 Å². The Labute approximate surface area is 110 Å². The third kappa shape index (κ3) is 2.36. The van der Waals surface area contributed by atoms with Crippen LogP contribution in [-0.4, -0.2) is 16.1 Å². The van der Waals surface area contributed by atoms with E-state index in [4.69, 9.17) is 5.11 Å². The molecule has 0 aliphatic heterocycles. The molecular weight excluding hydrogens is 238 g/mol. The molecule has 0 unspecified atom stereocenters. The van der Waals surface area contributed by atoms with Crippen LogP contribution in [0.2, 0.25) is 0 Å². The summed E-state index contributed by atoms with van der Waals surface area (Å²) in [6, 6.07) is 17.9. The number of nitrogens with one attached hydrogen (secondary N) is 1. The second-order valence-electron chi connectivity index (χ2n) is 4.57. The Bertz CT molecular complexity index is 729. The molecule has 2 aromatic carbocycles. The van der Waals surface area contributed by atoms with Gasteiger partial charge in [0.15, 0.2) is 0 Å². The molecule has 3 rings (SSSR count). The topological polar surface area (TPSA) is 53.1 Å². The summed E-state index contributed by atoms with van der Waals surface area (Å²) in [6.45, 7) is 0. The van der Waals surface area contributed by atoms with Gasteiger partial charge in [-0.15, -0.1) is 0 Å². The largest absolute Gasteiger partial charge is 0.477 e. The molecule has 0 spiro atoms. The van der Waals surface area contributed by atoms with Gasteiger partial charge in [-0.1, -0.05) is 36.4 Å². The van der Waals surface area contributed by atoms with Crippen LogP contribution in [-0.2, 0) is 6.42 Å². The van der Waals surface area contributed by atoms with Gasteiger partial charge < -0.3 is 10.1 Å². The molecular formula is C16H13NO2. The average Bonchev–Trinajstić information content (AvgIpc) is 2.83. The summed E-state index contributed by atoms with van der Waals surface area (Å²) in [6.07, 6.45) is 0.852. The van der Waals surface area contributed by atoms with E-state index in [-0.39, 0.29) is 5.69 Å². The molecule has 0 bridgehead atoms. The fourth-order valence-electron chi connectivity index (χ4n) is 2.24. The number of aromatic nitrogens is 1. The summed E-state index contributed by atoms with van der Waals surface area (Å²) in [5, 5.41) is 9.90. The van der Waals surface area contributed by atoms with Crippen molar-refractivity contribution in [3.63, 3.8) is 0 Å². The number of hydrogen-bond donors (Lipinski definition) is 2. The number of fused-ring (bicyclic) bond motifs is 1. The number of hydrogen-bond acceptors (Lipinski definition) is 1. The number of carboxylic acids is 1. The van der Waals surface area contributed by atoms with Crippen LogP contribution in [0.1, 0.15) is 21.6 Å². The van der Waals surface area contributed by atoms with E-state index in [9.17, 15) is 4.79 Å². The minimum Gasteiger partial charge on any atom is -0.477 e. The predicted molar refractivity (Wildman–Crippen MR) is 74.5 cm³/mol. The molecule has 3 heteroatoms. The molecule has 3 nitrogen and oxygen atoms in total. The second-order valence-corrected chi connectivity index (χ2v) is 4.57. The third-order valence-corrected chi connectivity index (χ3v) is 3.17. The van der Waals surface area contributed by atoms with Gasteiger partial charge in [0.05, 0.1) is 0 Å². The first kappa shape index (κ1) is 11.5. The van der Waals surface area contributed by atoms with Crippen LogP contribution in [0.15, 0.2) is 54.6 Å². The molecule has 1 aromatic heterocycles. The molecule has 2 N–H and O–H groups in total. The predicted octanol–water partition coefficient (Wildman–Crippen LogP) is 3.46. The Kier molecular flexibility index (Phi) is 2.80. The summed E-state index contributed by atoms with van der Waals surface area (Å²) in [7, 11) is 0. The summed E-state index contributed by atoms with van der Waals surface area (Å²) in [5.74, 6) is -0.930.